The number of ether oxygens (including phenoxy) is 1. The average Bonchev–Trinajstić information content (AvgIpc) is 2.37. The SMILES string of the molecule is CCOC(C)CNS(=O)(=O)c1ccc(O)c(C(=O)O)c1. The molecule has 1 unspecified atom stereocenters. The molecule has 7 nitrogen and oxygen atoms in total. The van der Waals surface area contributed by atoms with Crippen LogP contribution >= 0.6 is 0 Å². The molecular formula is C12H17NO6S. The van der Waals surface area contributed by atoms with Gasteiger partial charge in [-0.1, -0.05) is 0 Å². The van der Waals surface area contributed by atoms with Crippen LogP contribution in [-0.2, 0) is 14.8 Å². The van der Waals surface area contributed by atoms with Crippen LogP contribution in [0.25, 0.3) is 0 Å². The summed E-state index contributed by atoms with van der Waals surface area (Å²) in [6.45, 7) is 4.04. The summed E-state index contributed by atoms with van der Waals surface area (Å²) >= 11 is 0. The van der Waals surface area contributed by atoms with E-state index in [9.17, 15) is 18.3 Å². The Morgan fingerprint density at radius 1 is 1.45 bits per heavy atom. The standard InChI is InChI=1S/C12H17NO6S/c1-3-19-8(2)7-13-20(17,18)9-4-5-11(14)10(6-9)12(15)16/h4-6,8,13-14H,3,7H2,1-2H3,(H,15,16). The highest BCUT2D eigenvalue weighted by molar-refractivity contribution is 7.89. The van der Waals surface area contributed by atoms with E-state index in [-0.39, 0.29) is 17.5 Å². The van der Waals surface area contributed by atoms with Crippen LogP contribution in [0.4, 0.5) is 0 Å². The number of carbonyl (C=O) groups is 1. The third-order valence-corrected chi connectivity index (χ3v) is 3.94. The number of hydrogen-bond donors (Lipinski definition) is 3. The molecule has 0 saturated heterocycles. The molecule has 20 heavy (non-hydrogen) atoms. The Bertz CT molecular complexity index is 584. The second kappa shape index (κ2) is 6.69. The first-order valence-electron chi connectivity index (χ1n) is 5.95. The summed E-state index contributed by atoms with van der Waals surface area (Å²) in [5.41, 5.74) is -0.467. The number of nitrogens with one attached hydrogen (secondary N) is 1. The molecule has 0 aliphatic carbocycles. The van der Waals surface area contributed by atoms with Gasteiger partial charge < -0.3 is 14.9 Å². The number of rotatable bonds is 7. The topological polar surface area (TPSA) is 113 Å². The maximum absolute atomic E-state index is 12.0. The second-order valence-corrected chi connectivity index (χ2v) is 5.87. The molecule has 1 rings (SSSR count). The molecule has 0 aliphatic rings. The third-order valence-electron chi connectivity index (χ3n) is 2.52. The molecule has 0 aromatic heterocycles. The van der Waals surface area contributed by atoms with Crippen LogP contribution in [0.5, 0.6) is 5.75 Å². The second-order valence-electron chi connectivity index (χ2n) is 4.10. The highest BCUT2D eigenvalue weighted by Crippen LogP contribution is 2.21. The molecule has 1 aromatic rings. The Morgan fingerprint density at radius 2 is 2.10 bits per heavy atom. The number of aromatic carboxylic acids is 1. The van der Waals surface area contributed by atoms with Crippen molar-refractivity contribution in [3.8, 4) is 5.75 Å². The minimum atomic E-state index is -3.85. The fraction of sp³-hybridized carbons (Fsp3) is 0.417. The molecule has 0 saturated carbocycles. The maximum atomic E-state index is 12.0. The molecular weight excluding hydrogens is 286 g/mol. The average molecular weight is 303 g/mol. The minimum absolute atomic E-state index is 0.0689. The van der Waals surface area contributed by atoms with Crippen molar-refractivity contribution >= 4 is 16.0 Å². The van der Waals surface area contributed by atoms with E-state index in [0.29, 0.717) is 6.61 Å². The lowest BCUT2D eigenvalue weighted by molar-refractivity contribution is 0.0693. The van der Waals surface area contributed by atoms with Crippen LogP contribution in [0.15, 0.2) is 23.1 Å². The molecule has 0 radical (unpaired) electrons. The van der Waals surface area contributed by atoms with Gasteiger partial charge in [-0.2, -0.15) is 0 Å². The van der Waals surface area contributed by atoms with E-state index in [4.69, 9.17) is 9.84 Å². The molecule has 1 atom stereocenters. The van der Waals surface area contributed by atoms with E-state index in [0.717, 1.165) is 18.2 Å². The van der Waals surface area contributed by atoms with Gasteiger partial charge in [0.1, 0.15) is 11.3 Å². The molecule has 3 N–H and O–H groups in total. The summed E-state index contributed by atoms with van der Waals surface area (Å²) in [5.74, 6) is -1.89. The normalized spacial score (nSPS) is 13.1. The van der Waals surface area contributed by atoms with Gasteiger partial charge in [0.15, 0.2) is 0 Å². The zero-order valence-corrected chi connectivity index (χ0v) is 12.0. The first-order valence-corrected chi connectivity index (χ1v) is 7.43. The summed E-state index contributed by atoms with van der Waals surface area (Å²) in [6, 6.07) is 3.07. The smallest absolute Gasteiger partial charge is 0.339 e. The Balaban J connectivity index is 2.93. The molecule has 0 amide bonds. The van der Waals surface area contributed by atoms with Crippen molar-refractivity contribution in [2.24, 2.45) is 0 Å². The van der Waals surface area contributed by atoms with Crippen molar-refractivity contribution in [3.63, 3.8) is 0 Å². The van der Waals surface area contributed by atoms with Gasteiger partial charge in [0.25, 0.3) is 0 Å². The minimum Gasteiger partial charge on any atom is -0.507 e. The largest absolute Gasteiger partial charge is 0.507 e. The number of sulfonamides is 1. The van der Waals surface area contributed by atoms with Gasteiger partial charge in [0.2, 0.25) is 10.0 Å². The van der Waals surface area contributed by atoms with Crippen LogP contribution in [0.2, 0.25) is 0 Å². The summed E-state index contributed by atoms with van der Waals surface area (Å²) in [6.07, 6.45) is -0.300. The maximum Gasteiger partial charge on any atom is 0.339 e. The summed E-state index contributed by atoms with van der Waals surface area (Å²) in [4.78, 5) is 10.6. The van der Waals surface area contributed by atoms with Crippen LogP contribution in [0.1, 0.15) is 24.2 Å². The van der Waals surface area contributed by atoms with Gasteiger partial charge >= 0.3 is 5.97 Å². The Hall–Kier alpha value is -1.64. The molecule has 1 aromatic carbocycles. The van der Waals surface area contributed by atoms with Gasteiger partial charge in [-0.25, -0.2) is 17.9 Å². The van der Waals surface area contributed by atoms with Crippen molar-refractivity contribution in [3.05, 3.63) is 23.8 Å². The van der Waals surface area contributed by atoms with E-state index in [1.54, 1.807) is 13.8 Å². The summed E-state index contributed by atoms with van der Waals surface area (Å²) in [5, 5.41) is 18.2. The van der Waals surface area contributed by atoms with Crippen molar-refractivity contribution in [1.29, 1.82) is 0 Å². The van der Waals surface area contributed by atoms with E-state index < -0.39 is 27.3 Å². The highest BCUT2D eigenvalue weighted by atomic mass is 32.2. The molecule has 0 spiro atoms. The molecule has 0 heterocycles. The highest BCUT2D eigenvalue weighted by Gasteiger charge is 2.19. The number of benzene rings is 1. The lowest BCUT2D eigenvalue weighted by Gasteiger charge is -2.13. The quantitative estimate of drug-likeness (QED) is 0.686. The third kappa shape index (κ3) is 4.19. The molecule has 0 bridgehead atoms. The number of phenols is 1. The Labute approximate surface area is 117 Å². The summed E-state index contributed by atoms with van der Waals surface area (Å²) < 4.78 is 31.5. The number of carboxylic acid groups (broad SMARTS) is 1. The van der Waals surface area contributed by atoms with Crippen LogP contribution in [0, 0.1) is 0 Å². The zero-order chi connectivity index (χ0) is 15.3. The molecule has 0 aliphatic heterocycles. The fourth-order valence-corrected chi connectivity index (χ4v) is 2.65. The first kappa shape index (κ1) is 16.4. The van der Waals surface area contributed by atoms with Crippen molar-refractivity contribution < 1.29 is 28.2 Å². The molecule has 8 heteroatoms. The van der Waals surface area contributed by atoms with Crippen molar-refractivity contribution in [2.75, 3.05) is 13.2 Å². The molecule has 112 valence electrons. The summed E-state index contributed by atoms with van der Waals surface area (Å²) in [7, 11) is -3.85. The van der Waals surface area contributed by atoms with Crippen LogP contribution in [-0.4, -0.2) is 43.9 Å². The predicted molar refractivity (Wildman–Crippen MR) is 71.3 cm³/mol. The van der Waals surface area contributed by atoms with Gasteiger partial charge in [-0.15, -0.1) is 0 Å². The lowest BCUT2D eigenvalue weighted by atomic mass is 10.2. The van der Waals surface area contributed by atoms with E-state index >= 15 is 0 Å². The van der Waals surface area contributed by atoms with Gasteiger partial charge in [0, 0.05) is 13.2 Å². The monoisotopic (exact) mass is 303 g/mol. The lowest BCUT2D eigenvalue weighted by Crippen LogP contribution is -2.32. The van der Waals surface area contributed by atoms with E-state index in [1.807, 2.05) is 0 Å². The van der Waals surface area contributed by atoms with Crippen molar-refractivity contribution in [1.82, 2.24) is 4.72 Å². The van der Waals surface area contributed by atoms with Crippen molar-refractivity contribution in [2.45, 2.75) is 24.8 Å². The predicted octanol–water partition coefficient (Wildman–Crippen LogP) is 0.794. The Morgan fingerprint density at radius 3 is 2.65 bits per heavy atom. The Kier molecular flexibility index (Phi) is 5.49. The van der Waals surface area contributed by atoms with Gasteiger partial charge in [-0.3, -0.25) is 0 Å². The fourth-order valence-electron chi connectivity index (χ4n) is 1.51. The zero-order valence-electron chi connectivity index (χ0n) is 11.2. The van der Waals surface area contributed by atoms with Crippen LogP contribution in [0.3, 0.4) is 0 Å². The number of carboxylic acids is 1. The molecule has 0 fully saturated rings. The van der Waals surface area contributed by atoms with Crippen LogP contribution < -0.4 is 4.72 Å². The van der Waals surface area contributed by atoms with E-state index in [2.05, 4.69) is 4.72 Å². The first-order chi connectivity index (χ1) is 9.27. The number of aromatic hydroxyl groups is 1. The van der Waals surface area contributed by atoms with Gasteiger partial charge in [-0.05, 0) is 32.0 Å². The number of hydrogen-bond acceptors (Lipinski definition) is 5. The van der Waals surface area contributed by atoms with Gasteiger partial charge in [0.05, 0.1) is 11.0 Å². The van der Waals surface area contributed by atoms with E-state index in [1.165, 1.54) is 0 Å².